The lowest BCUT2D eigenvalue weighted by molar-refractivity contribution is 0.379. The molecule has 0 fully saturated rings. The van der Waals surface area contributed by atoms with E-state index in [1.807, 2.05) is 36.4 Å². The van der Waals surface area contributed by atoms with E-state index in [2.05, 4.69) is 49.3 Å². The van der Waals surface area contributed by atoms with Crippen molar-refractivity contribution in [1.82, 2.24) is 4.90 Å². The maximum absolute atomic E-state index is 9.99. The number of nitrogens with zero attached hydrogens (tertiary/aromatic N) is 2. The summed E-state index contributed by atoms with van der Waals surface area (Å²) >= 11 is 0. The Morgan fingerprint density at radius 2 is 1.38 bits per heavy atom. The predicted molar refractivity (Wildman–Crippen MR) is 87.1 cm³/mol. The van der Waals surface area contributed by atoms with Crippen LogP contribution in [-0.2, 0) is 5.41 Å². The van der Waals surface area contributed by atoms with Crippen molar-refractivity contribution in [2.45, 2.75) is 18.3 Å². The maximum Gasteiger partial charge on any atom is 0.107 e. The number of benzene rings is 2. The van der Waals surface area contributed by atoms with Crippen LogP contribution < -0.4 is 0 Å². The van der Waals surface area contributed by atoms with E-state index in [-0.39, 0.29) is 0 Å². The largest absolute Gasteiger partial charge is 0.309 e. The first-order chi connectivity index (χ1) is 10.2. The molecular formula is C19H22N2. The zero-order valence-electron chi connectivity index (χ0n) is 12.8. The van der Waals surface area contributed by atoms with Crippen LogP contribution in [0.4, 0.5) is 0 Å². The molecule has 0 aliphatic carbocycles. The molecule has 0 aliphatic rings. The van der Waals surface area contributed by atoms with Crippen molar-refractivity contribution in [3.05, 3.63) is 71.8 Å². The van der Waals surface area contributed by atoms with E-state index in [1.54, 1.807) is 0 Å². The lowest BCUT2D eigenvalue weighted by Crippen LogP contribution is -2.27. The minimum atomic E-state index is -0.557. The SMILES string of the molecule is CN(C)CCCC(C#N)(c1ccccc1)c1ccccc1. The molecule has 2 rings (SSSR count). The van der Waals surface area contributed by atoms with E-state index in [9.17, 15) is 5.26 Å². The van der Waals surface area contributed by atoms with Gasteiger partial charge >= 0.3 is 0 Å². The van der Waals surface area contributed by atoms with Crippen LogP contribution >= 0.6 is 0 Å². The molecule has 2 nitrogen and oxygen atoms in total. The Morgan fingerprint density at radius 1 is 0.905 bits per heavy atom. The highest BCUT2D eigenvalue weighted by Crippen LogP contribution is 2.36. The van der Waals surface area contributed by atoms with Gasteiger partial charge in [0, 0.05) is 0 Å². The molecule has 0 aromatic heterocycles. The van der Waals surface area contributed by atoms with Gasteiger partial charge in [-0.3, -0.25) is 0 Å². The van der Waals surface area contributed by atoms with Gasteiger partial charge in [0.05, 0.1) is 6.07 Å². The molecule has 0 atom stereocenters. The molecule has 0 spiro atoms. The topological polar surface area (TPSA) is 27.0 Å². The van der Waals surface area contributed by atoms with Crippen molar-refractivity contribution in [1.29, 1.82) is 5.26 Å². The molecule has 0 unspecified atom stereocenters. The first kappa shape index (κ1) is 15.3. The zero-order valence-corrected chi connectivity index (χ0v) is 12.8. The van der Waals surface area contributed by atoms with E-state index in [1.165, 1.54) is 0 Å². The smallest absolute Gasteiger partial charge is 0.107 e. The predicted octanol–water partition coefficient (Wildman–Crippen LogP) is 3.84. The van der Waals surface area contributed by atoms with Gasteiger partial charge in [0.1, 0.15) is 5.41 Å². The molecule has 0 N–H and O–H groups in total. The van der Waals surface area contributed by atoms with Crippen molar-refractivity contribution in [2.24, 2.45) is 0 Å². The van der Waals surface area contributed by atoms with Crippen LogP contribution in [0.1, 0.15) is 24.0 Å². The van der Waals surface area contributed by atoms with E-state index < -0.39 is 5.41 Å². The van der Waals surface area contributed by atoms with Crippen molar-refractivity contribution < 1.29 is 0 Å². The molecule has 2 aromatic rings. The molecule has 0 radical (unpaired) electrons. The van der Waals surface area contributed by atoms with Gasteiger partial charge in [-0.05, 0) is 44.6 Å². The third kappa shape index (κ3) is 3.51. The highest BCUT2D eigenvalue weighted by molar-refractivity contribution is 5.45. The van der Waals surface area contributed by atoms with Crippen LogP contribution in [0, 0.1) is 11.3 Å². The zero-order chi connectivity index (χ0) is 15.1. The average Bonchev–Trinajstić information content (AvgIpc) is 2.53. The van der Waals surface area contributed by atoms with Gasteiger partial charge in [-0.2, -0.15) is 5.26 Å². The molecular weight excluding hydrogens is 256 g/mol. The molecule has 2 aromatic carbocycles. The van der Waals surface area contributed by atoms with E-state index in [0.717, 1.165) is 30.5 Å². The van der Waals surface area contributed by atoms with Gasteiger partial charge in [0.25, 0.3) is 0 Å². The van der Waals surface area contributed by atoms with Gasteiger partial charge in [-0.15, -0.1) is 0 Å². The fourth-order valence-electron chi connectivity index (χ4n) is 2.75. The fraction of sp³-hybridized carbons (Fsp3) is 0.316. The van der Waals surface area contributed by atoms with Crippen LogP contribution in [-0.4, -0.2) is 25.5 Å². The summed E-state index contributed by atoms with van der Waals surface area (Å²) < 4.78 is 0. The second kappa shape index (κ2) is 7.06. The summed E-state index contributed by atoms with van der Waals surface area (Å²) in [5, 5.41) is 9.99. The third-order valence-corrected chi connectivity index (χ3v) is 3.88. The van der Waals surface area contributed by atoms with Gasteiger partial charge in [-0.25, -0.2) is 0 Å². The standard InChI is InChI=1S/C19H22N2/c1-21(2)15-9-14-19(16-20,17-10-5-3-6-11-17)18-12-7-4-8-13-18/h3-8,10-13H,9,14-15H2,1-2H3. The van der Waals surface area contributed by atoms with Gasteiger partial charge in [0.15, 0.2) is 0 Å². The highest BCUT2D eigenvalue weighted by Gasteiger charge is 2.33. The first-order valence-corrected chi connectivity index (χ1v) is 7.36. The van der Waals surface area contributed by atoms with Crippen LogP contribution in [0.25, 0.3) is 0 Å². The Morgan fingerprint density at radius 3 is 1.76 bits per heavy atom. The monoisotopic (exact) mass is 278 g/mol. The van der Waals surface area contributed by atoms with Crippen molar-refractivity contribution in [3.63, 3.8) is 0 Å². The van der Waals surface area contributed by atoms with E-state index in [0.29, 0.717) is 0 Å². The van der Waals surface area contributed by atoms with Crippen LogP contribution in [0.2, 0.25) is 0 Å². The molecule has 0 heterocycles. The molecule has 0 aliphatic heterocycles. The Bertz CT molecular complexity index is 542. The molecule has 0 saturated heterocycles. The summed E-state index contributed by atoms with van der Waals surface area (Å²) in [6.45, 7) is 0.989. The van der Waals surface area contributed by atoms with E-state index in [4.69, 9.17) is 0 Å². The first-order valence-electron chi connectivity index (χ1n) is 7.36. The lowest BCUT2D eigenvalue weighted by atomic mass is 9.72. The van der Waals surface area contributed by atoms with Gasteiger partial charge in [-0.1, -0.05) is 60.7 Å². The van der Waals surface area contributed by atoms with Gasteiger partial charge in [0.2, 0.25) is 0 Å². The second-order valence-electron chi connectivity index (χ2n) is 5.66. The summed E-state index contributed by atoms with van der Waals surface area (Å²) in [7, 11) is 4.14. The van der Waals surface area contributed by atoms with Crippen LogP contribution in [0.3, 0.4) is 0 Å². The lowest BCUT2D eigenvalue weighted by Gasteiger charge is -2.28. The summed E-state index contributed by atoms with van der Waals surface area (Å²) in [6, 6.07) is 22.9. The average molecular weight is 278 g/mol. The summed E-state index contributed by atoms with van der Waals surface area (Å²) in [4.78, 5) is 2.16. The minimum Gasteiger partial charge on any atom is -0.309 e. The quantitative estimate of drug-likeness (QED) is 0.802. The number of nitriles is 1. The minimum absolute atomic E-state index is 0.557. The highest BCUT2D eigenvalue weighted by atomic mass is 15.0. The van der Waals surface area contributed by atoms with E-state index >= 15 is 0 Å². The molecule has 0 bridgehead atoms. The van der Waals surface area contributed by atoms with Crippen LogP contribution in [0.5, 0.6) is 0 Å². The Kier molecular flexibility index (Phi) is 5.14. The second-order valence-corrected chi connectivity index (χ2v) is 5.66. The Labute approximate surface area is 127 Å². The van der Waals surface area contributed by atoms with Crippen molar-refractivity contribution in [2.75, 3.05) is 20.6 Å². The summed E-state index contributed by atoms with van der Waals surface area (Å²) in [5.41, 5.74) is 1.60. The fourth-order valence-corrected chi connectivity index (χ4v) is 2.75. The number of hydrogen-bond acceptors (Lipinski definition) is 2. The molecule has 108 valence electrons. The summed E-state index contributed by atoms with van der Waals surface area (Å²) in [6.07, 6.45) is 1.82. The summed E-state index contributed by atoms with van der Waals surface area (Å²) in [5.74, 6) is 0. The molecule has 0 amide bonds. The van der Waals surface area contributed by atoms with Crippen molar-refractivity contribution in [3.8, 4) is 6.07 Å². The molecule has 2 heteroatoms. The Hall–Kier alpha value is -2.11. The molecule has 21 heavy (non-hydrogen) atoms. The van der Waals surface area contributed by atoms with Crippen LogP contribution in [0.15, 0.2) is 60.7 Å². The van der Waals surface area contributed by atoms with Gasteiger partial charge < -0.3 is 4.90 Å². The molecule has 0 saturated carbocycles. The maximum atomic E-state index is 9.99. The normalized spacial score (nSPS) is 11.3. The van der Waals surface area contributed by atoms with Crippen molar-refractivity contribution >= 4 is 0 Å². The number of rotatable bonds is 6. The number of hydrogen-bond donors (Lipinski definition) is 0. The Balaban J connectivity index is 2.40. The third-order valence-electron chi connectivity index (χ3n) is 3.88.